The molecule has 1 aliphatic heterocycles. The minimum absolute atomic E-state index is 0.281. The van der Waals surface area contributed by atoms with Gasteiger partial charge in [0.2, 0.25) is 0 Å². The minimum Gasteiger partial charge on any atom is -0.385 e. The van der Waals surface area contributed by atoms with Crippen molar-refractivity contribution in [3.63, 3.8) is 0 Å². The van der Waals surface area contributed by atoms with Crippen molar-refractivity contribution >= 4 is 11.6 Å². The molecular formula is C15H26ClN3O. The molecule has 20 heavy (non-hydrogen) atoms. The molecule has 1 fully saturated rings. The lowest BCUT2D eigenvalue weighted by molar-refractivity contribution is -0.0391. The van der Waals surface area contributed by atoms with E-state index in [2.05, 4.69) is 23.8 Å². The van der Waals surface area contributed by atoms with E-state index in [-0.39, 0.29) is 5.54 Å². The summed E-state index contributed by atoms with van der Waals surface area (Å²) < 4.78 is 1.81. The van der Waals surface area contributed by atoms with Gasteiger partial charge in [-0.3, -0.25) is 9.58 Å². The largest absolute Gasteiger partial charge is 0.385 e. The second kappa shape index (κ2) is 6.46. The van der Waals surface area contributed by atoms with Crippen LogP contribution in [0, 0.1) is 0 Å². The van der Waals surface area contributed by atoms with Gasteiger partial charge in [0.1, 0.15) is 6.10 Å². The maximum absolute atomic E-state index is 11.0. The van der Waals surface area contributed by atoms with E-state index in [4.69, 9.17) is 11.6 Å². The molecule has 0 spiro atoms. The molecule has 5 heteroatoms. The van der Waals surface area contributed by atoms with Gasteiger partial charge in [-0.15, -0.1) is 0 Å². The Bertz CT molecular complexity index is 442. The van der Waals surface area contributed by atoms with Gasteiger partial charge in [-0.1, -0.05) is 24.9 Å². The Balaban J connectivity index is 2.31. The number of piperidine rings is 1. The van der Waals surface area contributed by atoms with Crippen molar-refractivity contribution in [1.29, 1.82) is 0 Å². The first-order valence-electron chi connectivity index (χ1n) is 7.69. The molecule has 0 aliphatic carbocycles. The van der Waals surface area contributed by atoms with Crippen molar-refractivity contribution in [1.82, 2.24) is 14.7 Å². The summed E-state index contributed by atoms with van der Waals surface area (Å²) in [5.41, 5.74) is 0.473. The average molecular weight is 300 g/mol. The molecule has 0 saturated carbocycles. The third kappa shape index (κ3) is 2.74. The zero-order valence-corrected chi connectivity index (χ0v) is 13.5. The Morgan fingerprint density at radius 3 is 2.55 bits per heavy atom. The van der Waals surface area contributed by atoms with Crippen LogP contribution in [0.1, 0.15) is 58.3 Å². The first-order valence-corrected chi connectivity index (χ1v) is 8.06. The molecule has 114 valence electrons. The standard InChI is InChI=1S/C15H26ClN3O/c1-4-15(3,18-9-7-6-8-10-18)14(20)13-12(16)11-17-19(13)5-2/h11,14,20H,4-10H2,1-3H3. The molecule has 2 rings (SSSR count). The summed E-state index contributed by atoms with van der Waals surface area (Å²) in [6, 6.07) is 0. The summed E-state index contributed by atoms with van der Waals surface area (Å²) in [4.78, 5) is 2.42. The SMILES string of the molecule is CCn1ncc(Cl)c1C(O)C(C)(CC)N1CCCCC1. The molecule has 0 bridgehead atoms. The molecule has 1 aliphatic rings. The Morgan fingerprint density at radius 1 is 1.35 bits per heavy atom. The van der Waals surface area contributed by atoms with Crippen LogP contribution in [0.15, 0.2) is 6.20 Å². The molecule has 0 aromatic carbocycles. The fourth-order valence-electron chi connectivity index (χ4n) is 3.18. The van der Waals surface area contributed by atoms with E-state index in [1.165, 1.54) is 19.3 Å². The summed E-state index contributed by atoms with van der Waals surface area (Å²) in [7, 11) is 0. The lowest BCUT2D eigenvalue weighted by atomic mass is 9.85. The van der Waals surface area contributed by atoms with Gasteiger partial charge in [-0.25, -0.2) is 0 Å². The molecule has 1 N–H and O–H groups in total. The van der Waals surface area contributed by atoms with Gasteiger partial charge in [0.05, 0.1) is 16.9 Å². The number of hydrogen-bond donors (Lipinski definition) is 1. The van der Waals surface area contributed by atoms with Crippen LogP contribution in [0.4, 0.5) is 0 Å². The number of rotatable bonds is 5. The molecule has 0 radical (unpaired) electrons. The summed E-state index contributed by atoms with van der Waals surface area (Å²) in [5.74, 6) is 0. The first-order chi connectivity index (χ1) is 9.54. The van der Waals surface area contributed by atoms with Gasteiger partial charge >= 0.3 is 0 Å². The molecule has 2 heterocycles. The van der Waals surface area contributed by atoms with Crippen molar-refractivity contribution in [2.45, 2.75) is 64.6 Å². The van der Waals surface area contributed by atoms with Crippen molar-refractivity contribution in [3.8, 4) is 0 Å². The smallest absolute Gasteiger partial charge is 0.115 e. The fourth-order valence-corrected chi connectivity index (χ4v) is 3.43. The highest BCUT2D eigenvalue weighted by Crippen LogP contribution is 2.38. The predicted molar refractivity (Wildman–Crippen MR) is 82.0 cm³/mol. The van der Waals surface area contributed by atoms with Crippen molar-refractivity contribution in [2.75, 3.05) is 13.1 Å². The number of likely N-dealkylation sites (tertiary alicyclic amines) is 1. The topological polar surface area (TPSA) is 41.3 Å². The van der Waals surface area contributed by atoms with Crippen LogP contribution in [-0.4, -0.2) is 38.4 Å². The molecule has 2 atom stereocenters. The minimum atomic E-state index is -0.611. The molecule has 1 aromatic rings. The van der Waals surface area contributed by atoms with Gasteiger partial charge in [-0.2, -0.15) is 5.10 Å². The van der Waals surface area contributed by atoms with Gasteiger partial charge in [0.25, 0.3) is 0 Å². The van der Waals surface area contributed by atoms with E-state index in [0.717, 1.165) is 31.7 Å². The highest BCUT2D eigenvalue weighted by Gasteiger charge is 2.41. The van der Waals surface area contributed by atoms with E-state index < -0.39 is 6.10 Å². The average Bonchev–Trinajstić information content (AvgIpc) is 2.87. The Labute approximate surface area is 126 Å². The third-order valence-corrected chi connectivity index (χ3v) is 5.07. The number of aliphatic hydroxyl groups is 1. The number of aryl methyl sites for hydroxylation is 1. The fraction of sp³-hybridized carbons (Fsp3) is 0.800. The maximum atomic E-state index is 11.0. The van der Waals surface area contributed by atoms with Crippen LogP contribution in [0.25, 0.3) is 0 Å². The second-order valence-corrected chi connectivity index (χ2v) is 6.26. The van der Waals surface area contributed by atoms with Gasteiger partial charge < -0.3 is 5.11 Å². The predicted octanol–water partition coefficient (Wildman–Crippen LogP) is 3.24. The lowest BCUT2D eigenvalue weighted by Crippen LogP contribution is -2.52. The van der Waals surface area contributed by atoms with Gasteiger partial charge in [0, 0.05) is 12.1 Å². The van der Waals surface area contributed by atoms with Crippen LogP contribution in [0.2, 0.25) is 5.02 Å². The molecular weight excluding hydrogens is 274 g/mol. The number of aliphatic hydroxyl groups excluding tert-OH is 1. The van der Waals surface area contributed by atoms with Crippen LogP contribution >= 0.6 is 11.6 Å². The zero-order valence-electron chi connectivity index (χ0n) is 12.8. The summed E-state index contributed by atoms with van der Waals surface area (Å²) in [6.45, 7) is 9.13. The van der Waals surface area contributed by atoms with Crippen molar-refractivity contribution < 1.29 is 5.11 Å². The van der Waals surface area contributed by atoms with Crippen LogP contribution in [-0.2, 0) is 6.54 Å². The maximum Gasteiger partial charge on any atom is 0.115 e. The lowest BCUT2D eigenvalue weighted by Gasteiger charge is -2.46. The molecule has 4 nitrogen and oxygen atoms in total. The van der Waals surface area contributed by atoms with Crippen LogP contribution < -0.4 is 0 Å². The number of halogens is 1. The normalized spacial score (nSPS) is 21.6. The Kier molecular flexibility index (Phi) is 5.10. The highest BCUT2D eigenvalue weighted by molar-refractivity contribution is 6.31. The second-order valence-electron chi connectivity index (χ2n) is 5.85. The van der Waals surface area contributed by atoms with E-state index in [9.17, 15) is 5.11 Å². The van der Waals surface area contributed by atoms with E-state index in [1.54, 1.807) is 6.20 Å². The van der Waals surface area contributed by atoms with E-state index >= 15 is 0 Å². The first kappa shape index (κ1) is 15.8. The summed E-state index contributed by atoms with van der Waals surface area (Å²) in [5, 5.41) is 15.8. The quantitative estimate of drug-likeness (QED) is 0.907. The Morgan fingerprint density at radius 2 is 2.00 bits per heavy atom. The van der Waals surface area contributed by atoms with Gasteiger partial charge in [0.15, 0.2) is 0 Å². The molecule has 1 aromatic heterocycles. The van der Waals surface area contributed by atoms with Crippen molar-refractivity contribution in [2.24, 2.45) is 0 Å². The summed E-state index contributed by atoms with van der Waals surface area (Å²) >= 11 is 6.26. The monoisotopic (exact) mass is 299 g/mol. The molecule has 0 amide bonds. The zero-order chi connectivity index (χ0) is 14.8. The van der Waals surface area contributed by atoms with E-state index in [1.807, 2.05) is 11.6 Å². The molecule has 1 saturated heterocycles. The third-order valence-electron chi connectivity index (χ3n) is 4.78. The summed E-state index contributed by atoms with van der Waals surface area (Å²) in [6.07, 6.45) is 5.63. The highest BCUT2D eigenvalue weighted by atomic mass is 35.5. The van der Waals surface area contributed by atoms with Crippen molar-refractivity contribution in [3.05, 3.63) is 16.9 Å². The van der Waals surface area contributed by atoms with Gasteiger partial charge in [-0.05, 0) is 46.2 Å². The molecule has 2 unspecified atom stereocenters. The number of aromatic nitrogens is 2. The van der Waals surface area contributed by atoms with Crippen LogP contribution in [0.3, 0.4) is 0 Å². The van der Waals surface area contributed by atoms with Crippen LogP contribution in [0.5, 0.6) is 0 Å². The van der Waals surface area contributed by atoms with E-state index in [0.29, 0.717) is 5.02 Å². The number of hydrogen-bond acceptors (Lipinski definition) is 3. The Hall–Kier alpha value is -0.580. The number of nitrogens with zero attached hydrogens (tertiary/aromatic N) is 3.